The summed E-state index contributed by atoms with van der Waals surface area (Å²) in [6.07, 6.45) is 1.31. The predicted octanol–water partition coefficient (Wildman–Crippen LogP) is 2.11. The summed E-state index contributed by atoms with van der Waals surface area (Å²) in [5.74, 6) is -0.0770. The molecule has 138 valence electrons. The second kappa shape index (κ2) is 8.71. The number of nitrogens with one attached hydrogen (secondary N) is 1. The zero-order chi connectivity index (χ0) is 18.3. The van der Waals surface area contributed by atoms with Gasteiger partial charge in [0.25, 0.3) is 0 Å². The number of methoxy groups -OCH3 is 1. The van der Waals surface area contributed by atoms with Crippen molar-refractivity contribution in [1.82, 2.24) is 10.2 Å². The van der Waals surface area contributed by atoms with Crippen molar-refractivity contribution in [3.63, 3.8) is 0 Å². The lowest BCUT2D eigenvalue weighted by molar-refractivity contribution is -0.147. The van der Waals surface area contributed by atoms with E-state index in [2.05, 4.69) is 5.32 Å². The molecule has 0 radical (unpaired) electrons. The molecule has 0 bridgehead atoms. The first-order valence-electron chi connectivity index (χ1n) is 8.41. The molecule has 1 aliphatic rings. The van der Waals surface area contributed by atoms with E-state index < -0.39 is 11.4 Å². The van der Waals surface area contributed by atoms with Crippen molar-refractivity contribution in [3.05, 3.63) is 29.8 Å². The molecule has 2 amide bonds. The van der Waals surface area contributed by atoms with Gasteiger partial charge in [-0.05, 0) is 31.0 Å². The van der Waals surface area contributed by atoms with Crippen LogP contribution in [-0.4, -0.2) is 55.4 Å². The minimum atomic E-state index is -0.858. The Balaban J connectivity index is 1.76. The Hall–Kier alpha value is -2.28. The van der Waals surface area contributed by atoms with Crippen molar-refractivity contribution >= 4 is 12.0 Å². The Bertz CT molecular complexity index is 590. The van der Waals surface area contributed by atoms with Crippen LogP contribution >= 0.6 is 0 Å². The van der Waals surface area contributed by atoms with Gasteiger partial charge in [-0.15, -0.1) is 0 Å². The van der Waals surface area contributed by atoms with Gasteiger partial charge in [0.15, 0.2) is 0 Å². The fourth-order valence-electron chi connectivity index (χ4n) is 2.70. The number of carboxylic acids is 1. The van der Waals surface area contributed by atoms with E-state index in [1.807, 2.05) is 24.3 Å². The molecule has 0 aliphatic carbocycles. The van der Waals surface area contributed by atoms with E-state index >= 15 is 0 Å². The molecule has 1 aromatic rings. The Labute approximate surface area is 147 Å². The molecule has 0 spiro atoms. The van der Waals surface area contributed by atoms with Crippen molar-refractivity contribution in [2.45, 2.75) is 26.3 Å². The number of carbonyl (C=O) groups excluding carboxylic acids is 1. The average molecular weight is 350 g/mol. The number of aliphatic carboxylic acids is 1. The predicted molar refractivity (Wildman–Crippen MR) is 92.6 cm³/mol. The summed E-state index contributed by atoms with van der Waals surface area (Å²) >= 11 is 0. The number of urea groups is 1. The maximum Gasteiger partial charge on any atom is 0.317 e. The standard InChI is InChI=1S/C18H26N2O5/c1-18(16(21)22)8-9-20(13-18)17(23)19-12-14-4-6-15(7-5-14)25-11-3-10-24-2/h4-7H,3,8-13H2,1-2H3,(H,19,23)(H,21,22). The third-order valence-corrected chi connectivity index (χ3v) is 4.41. The highest BCUT2D eigenvalue weighted by molar-refractivity contribution is 5.79. The van der Waals surface area contributed by atoms with Gasteiger partial charge in [-0.3, -0.25) is 4.79 Å². The van der Waals surface area contributed by atoms with Crippen LogP contribution in [0.2, 0.25) is 0 Å². The summed E-state index contributed by atoms with van der Waals surface area (Å²) in [6, 6.07) is 7.30. The first kappa shape index (κ1) is 19.1. The molecule has 25 heavy (non-hydrogen) atoms. The molecule has 1 fully saturated rings. The van der Waals surface area contributed by atoms with E-state index in [0.29, 0.717) is 32.7 Å². The quantitative estimate of drug-likeness (QED) is 0.701. The number of nitrogens with zero attached hydrogens (tertiary/aromatic N) is 1. The Kier molecular flexibility index (Phi) is 6.64. The zero-order valence-corrected chi connectivity index (χ0v) is 14.8. The van der Waals surface area contributed by atoms with Gasteiger partial charge in [-0.1, -0.05) is 12.1 Å². The first-order chi connectivity index (χ1) is 11.9. The van der Waals surface area contributed by atoms with Gasteiger partial charge < -0.3 is 24.8 Å². The van der Waals surface area contributed by atoms with Crippen molar-refractivity contribution in [2.75, 3.05) is 33.4 Å². The molecule has 2 rings (SSSR count). The van der Waals surface area contributed by atoms with Gasteiger partial charge >= 0.3 is 12.0 Å². The number of ether oxygens (including phenoxy) is 2. The van der Waals surface area contributed by atoms with Crippen LogP contribution in [-0.2, 0) is 16.1 Å². The number of hydrogen-bond acceptors (Lipinski definition) is 4. The molecular weight excluding hydrogens is 324 g/mol. The maximum atomic E-state index is 12.2. The second-order valence-corrected chi connectivity index (χ2v) is 6.53. The lowest BCUT2D eigenvalue weighted by atomic mass is 9.90. The SMILES string of the molecule is COCCCOc1ccc(CNC(=O)N2CCC(C)(C(=O)O)C2)cc1. The van der Waals surface area contributed by atoms with E-state index in [4.69, 9.17) is 9.47 Å². The van der Waals surface area contributed by atoms with Crippen LogP contribution in [0.25, 0.3) is 0 Å². The summed E-state index contributed by atoms with van der Waals surface area (Å²) in [6.45, 7) is 4.03. The minimum Gasteiger partial charge on any atom is -0.494 e. The number of benzene rings is 1. The molecule has 1 aliphatic heterocycles. The smallest absolute Gasteiger partial charge is 0.317 e. The highest BCUT2D eigenvalue weighted by atomic mass is 16.5. The van der Waals surface area contributed by atoms with Crippen LogP contribution in [0.4, 0.5) is 4.79 Å². The van der Waals surface area contributed by atoms with Crippen molar-refractivity contribution in [2.24, 2.45) is 5.41 Å². The number of rotatable bonds is 8. The fourth-order valence-corrected chi connectivity index (χ4v) is 2.70. The molecule has 7 heteroatoms. The first-order valence-corrected chi connectivity index (χ1v) is 8.41. The maximum absolute atomic E-state index is 12.2. The minimum absolute atomic E-state index is 0.232. The van der Waals surface area contributed by atoms with Gasteiger partial charge in [0, 0.05) is 39.8 Å². The van der Waals surface area contributed by atoms with E-state index in [9.17, 15) is 14.7 Å². The van der Waals surface area contributed by atoms with Gasteiger partial charge in [-0.2, -0.15) is 0 Å². The van der Waals surface area contributed by atoms with Gasteiger partial charge in [0.2, 0.25) is 0 Å². The molecule has 2 N–H and O–H groups in total. The van der Waals surface area contributed by atoms with Crippen LogP contribution < -0.4 is 10.1 Å². The molecule has 0 saturated carbocycles. The van der Waals surface area contributed by atoms with Crippen LogP contribution in [0, 0.1) is 5.41 Å². The Morgan fingerprint density at radius 1 is 1.28 bits per heavy atom. The summed E-state index contributed by atoms with van der Waals surface area (Å²) in [7, 11) is 1.66. The lowest BCUT2D eigenvalue weighted by Crippen LogP contribution is -2.40. The number of hydrogen-bond donors (Lipinski definition) is 2. The van der Waals surface area contributed by atoms with E-state index in [-0.39, 0.29) is 12.6 Å². The molecule has 1 unspecified atom stereocenters. The van der Waals surface area contributed by atoms with Gasteiger partial charge in [0.1, 0.15) is 5.75 Å². The number of carboxylic acid groups (broad SMARTS) is 1. The third-order valence-electron chi connectivity index (χ3n) is 4.41. The molecule has 7 nitrogen and oxygen atoms in total. The molecular formula is C18H26N2O5. The van der Waals surface area contributed by atoms with Crippen LogP contribution in [0.1, 0.15) is 25.3 Å². The topological polar surface area (TPSA) is 88.1 Å². The van der Waals surface area contributed by atoms with Crippen molar-refractivity contribution < 1.29 is 24.2 Å². The Morgan fingerprint density at radius 2 is 2.00 bits per heavy atom. The monoisotopic (exact) mass is 350 g/mol. The van der Waals surface area contributed by atoms with Crippen LogP contribution in [0.3, 0.4) is 0 Å². The van der Waals surface area contributed by atoms with Crippen LogP contribution in [0.5, 0.6) is 5.75 Å². The molecule has 1 atom stereocenters. The van der Waals surface area contributed by atoms with E-state index in [0.717, 1.165) is 17.7 Å². The third kappa shape index (κ3) is 5.35. The Morgan fingerprint density at radius 3 is 2.60 bits per heavy atom. The summed E-state index contributed by atoms with van der Waals surface area (Å²) < 4.78 is 10.5. The fraction of sp³-hybridized carbons (Fsp3) is 0.556. The number of amides is 2. The van der Waals surface area contributed by atoms with Gasteiger partial charge in [0.05, 0.1) is 12.0 Å². The van der Waals surface area contributed by atoms with E-state index in [1.165, 1.54) is 0 Å². The summed E-state index contributed by atoms with van der Waals surface area (Å²) in [5.41, 5.74) is 0.108. The lowest BCUT2D eigenvalue weighted by Gasteiger charge is -2.20. The summed E-state index contributed by atoms with van der Waals surface area (Å²) in [4.78, 5) is 25.0. The van der Waals surface area contributed by atoms with Crippen molar-refractivity contribution in [3.8, 4) is 5.75 Å². The average Bonchev–Trinajstić information content (AvgIpc) is 3.02. The normalized spacial score (nSPS) is 19.7. The highest BCUT2D eigenvalue weighted by Crippen LogP contribution is 2.30. The van der Waals surface area contributed by atoms with E-state index in [1.54, 1.807) is 18.9 Å². The molecule has 0 aromatic heterocycles. The van der Waals surface area contributed by atoms with Gasteiger partial charge in [-0.25, -0.2) is 4.79 Å². The molecule has 1 saturated heterocycles. The summed E-state index contributed by atoms with van der Waals surface area (Å²) in [5, 5.41) is 12.1. The zero-order valence-electron chi connectivity index (χ0n) is 14.8. The largest absolute Gasteiger partial charge is 0.494 e. The van der Waals surface area contributed by atoms with Crippen LogP contribution in [0.15, 0.2) is 24.3 Å². The van der Waals surface area contributed by atoms with Crippen molar-refractivity contribution in [1.29, 1.82) is 0 Å². The highest BCUT2D eigenvalue weighted by Gasteiger charge is 2.42. The molecule has 1 aromatic carbocycles. The molecule has 1 heterocycles. The number of carbonyl (C=O) groups is 2. The second-order valence-electron chi connectivity index (χ2n) is 6.53. The number of likely N-dealkylation sites (tertiary alicyclic amines) is 1.